The third-order valence-corrected chi connectivity index (χ3v) is 5.64. The summed E-state index contributed by atoms with van der Waals surface area (Å²) in [5, 5.41) is 6.91. The highest BCUT2D eigenvalue weighted by Gasteiger charge is 2.32. The molecule has 1 aliphatic heterocycles. The van der Waals surface area contributed by atoms with Crippen LogP contribution < -0.4 is 22.1 Å². The molecule has 1 aromatic carbocycles. The number of hydrogen-bond acceptors (Lipinski definition) is 5. The lowest BCUT2D eigenvalue weighted by Crippen LogP contribution is -2.44. The van der Waals surface area contributed by atoms with Gasteiger partial charge in [0.1, 0.15) is 11.6 Å². The van der Waals surface area contributed by atoms with Crippen LogP contribution >= 0.6 is 0 Å². The number of nitrogens with zero attached hydrogens (tertiary/aromatic N) is 1. The molecule has 2 aromatic rings. The van der Waals surface area contributed by atoms with Crippen LogP contribution in [0.25, 0.3) is 0 Å². The number of nitrogen functional groups attached to an aromatic ring is 1. The van der Waals surface area contributed by atoms with Gasteiger partial charge in [-0.2, -0.15) is 0 Å². The number of rotatable bonds is 9. The molecule has 2 heterocycles. The minimum absolute atomic E-state index is 0.0687. The van der Waals surface area contributed by atoms with Gasteiger partial charge in [-0.1, -0.05) is 19.1 Å². The topological polar surface area (TPSA) is 89.0 Å². The molecular weight excluding hydrogens is 353 g/mol. The molecule has 1 saturated heterocycles. The number of benzene rings is 1. The van der Waals surface area contributed by atoms with Gasteiger partial charge in [0.2, 0.25) is 0 Å². The molecule has 3 atom stereocenters. The Morgan fingerprint density at radius 3 is 2.89 bits per heavy atom. The summed E-state index contributed by atoms with van der Waals surface area (Å²) in [5.74, 6) is 1.27. The molecule has 1 fully saturated rings. The maximum Gasteiger partial charge on any atom is 0.123 e. The molecule has 3 rings (SSSR count). The summed E-state index contributed by atoms with van der Waals surface area (Å²) < 4.78 is 13.2. The second kappa shape index (κ2) is 9.96. The van der Waals surface area contributed by atoms with Crippen molar-refractivity contribution in [2.45, 2.75) is 32.2 Å². The van der Waals surface area contributed by atoms with Gasteiger partial charge in [0.05, 0.1) is 0 Å². The number of nitrogens with one attached hydrogen (secondary N) is 2. The van der Waals surface area contributed by atoms with Crippen molar-refractivity contribution >= 4 is 5.82 Å². The van der Waals surface area contributed by atoms with E-state index in [4.69, 9.17) is 11.5 Å². The van der Waals surface area contributed by atoms with Crippen LogP contribution in [0.3, 0.4) is 0 Å². The maximum absolute atomic E-state index is 13.2. The Morgan fingerprint density at radius 2 is 2.11 bits per heavy atom. The third-order valence-electron chi connectivity index (χ3n) is 5.64. The molecule has 1 aromatic heterocycles. The fraction of sp³-hybridized carbons (Fsp3) is 0.500. The summed E-state index contributed by atoms with van der Waals surface area (Å²) in [6.07, 6.45) is 2.65. The van der Waals surface area contributed by atoms with Crippen LogP contribution in [0.4, 0.5) is 10.2 Å². The number of halogens is 1. The molecule has 0 bridgehead atoms. The van der Waals surface area contributed by atoms with Crippen molar-refractivity contribution in [3.05, 3.63) is 59.0 Å². The summed E-state index contributed by atoms with van der Waals surface area (Å²) >= 11 is 0. The lowest BCUT2D eigenvalue weighted by Gasteiger charge is -2.25. The molecule has 6 heteroatoms. The van der Waals surface area contributed by atoms with Gasteiger partial charge in [0, 0.05) is 18.3 Å². The highest BCUT2D eigenvalue weighted by atomic mass is 19.1. The van der Waals surface area contributed by atoms with Crippen LogP contribution in [0.2, 0.25) is 0 Å². The van der Waals surface area contributed by atoms with Gasteiger partial charge < -0.3 is 22.1 Å². The molecular formula is C22H32FN5. The first-order chi connectivity index (χ1) is 13.5. The minimum Gasteiger partial charge on any atom is -0.384 e. The van der Waals surface area contributed by atoms with E-state index in [1.54, 1.807) is 12.1 Å². The summed E-state index contributed by atoms with van der Waals surface area (Å²) in [5.41, 5.74) is 15.8. The van der Waals surface area contributed by atoms with E-state index in [1.165, 1.54) is 11.6 Å². The average molecular weight is 386 g/mol. The SMILES string of the molecule is CCc1cc(N)nc(C[C@H]2CNC[C@@H]2C(N)CNCCc2cccc(F)c2)c1. The van der Waals surface area contributed by atoms with Gasteiger partial charge in [-0.25, -0.2) is 9.37 Å². The van der Waals surface area contributed by atoms with Gasteiger partial charge in [0.15, 0.2) is 0 Å². The van der Waals surface area contributed by atoms with Crippen LogP contribution in [0.15, 0.2) is 36.4 Å². The van der Waals surface area contributed by atoms with Crippen molar-refractivity contribution in [3.8, 4) is 0 Å². The molecule has 152 valence electrons. The van der Waals surface area contributed by atoms with Gasteiger partial charge in [0.25, 0.3) is 0 Å². The normalized spacial score (nSPS) is 20.4. The molecule has 6 N–H and O–H groups in total. The second-order valence-corrected chi connectivity index (χ2v) is 7.78. The molecule has 0 amide bonds. The van der Waals surface area contributed by atoms with Gasteiger partial charge >= 0.3 is 0 Å². The van der Waals surface area contributed by atoms with Gasteiger partial charge in [-0.05, 0) is 86.1 Å². The van der Waals surface area contributed by atoms with Crippen LogP contribution in [0.5, 0.6) is 0 Å². The first-order valence-electron chi connectivity index (χ1n) is 10.2. The molecule has 1 unspecified atom stereocenters. The molecule has 28 heavy (non-hydrogen) atoms. The predicted molar refractivity (Wildman–Crippen MR) is 113 cm³/mol. The van der Waals surface area contributed by atoms with E-state index in [1.807, 2.05) is 12.1 Å². The highest BCUT2D eigenvalue weighted by Crippen LogP contribution is 2.24. The van der Waals surface area contributed by atoms with Crippen LogP contribution in [-0.2, 0) is 19.3 Å². The van der Waals surface area contributed by atoms with E-state index >= 15 is 0 Å². The van der Waals surface area contributed by atoms with E-state index in [-0.39, 0.29) is 11.9 Å². The Hall–Kier alpha value is -2.02. The highest BCUT2D eigenvalue weighted by molar-refractivity contribution is 5.35. The first kappa shape index (κ1) is 20.7. The van der Waals surface area contributed by atoms with Crippen molar-refractivity contribution in [1.82, 2.24) is 15.6 Å². The first-order valence-corrected chi connectivity index (χ1v) is 10.2. The van der Waals surface area contributed by atoms with Crippen molar-refractivity contribution in [1.29, 1.82) is 0 Å². The molecule has 5 nitrogen and oxygen atoms in total. The third kappa shape index (κ3) is 5.74. The van der Waals surface area contributed by atoms with Crippen LogP contribution in [-0.4, -0.2) is 37.2 Å². The standard InChI is InChI=1S/C22H32FN5/c1-2-15-9-19(28-22(25)10-15)11-17-12-27-13-20(17)21(24)14-26-7-6-16-4-3-5-18(23)8-16/h3-5,8-10,17,20-21,26-27H,2,6-7,11-14,24H2,1H3,(H2,25,28)/t17-,20-,21?/m0/s1. The molecule has 0 saturated carbocycles. The summed E-state index contributed by atoms with van der Waals surface area (Å²) in [4.78, 5) is 4.52. The summed E-state index contributed by atoms with van der Waals surface area (Å²) in [7, 11) is 0. The quantitative estimate of drug-likeness (QED) is 0.495. The van der Waals surface area contributed by atoms with Crippen LogP contribution in [0.1, 0.15) is 23.7 Å². The average Bonchev–Trinajstić information content (AvgIpc) is 3.13. The van der Waals surface area contributed by atoms with Crippen molar-refractivity contribution in [2.75, 3.05) is 31.9 Å². The fourth-order valence-electron chi connectivity index (χ4n) is 4.08. The van der Waals surface area contributed by atoms with E-state index in [0.29, 0.717) is 17.7 Å². The zero-order valence-corrected chi connectivity index (χ0v) is 16.6. The lowest BCUT2D eigenvalue weighted by molar-refractivity contribution is 0.336. The molecule has 0 radical (unpaired) electrons. The van der Waals surface area contributed by atoms with Crippen molar-refractivity contribution < 1.29 is 4.39 Å². The second-order valence-electron chi connectivity index (χ2n) is 7.78. The maximum atomic E-state index is 13.2. The largest absolute Gasteiger partial charge is 0.384 e. The summed E-state index contributed by atoms with van der Waals surface area (Å²) in [6.45, 7) is 5.56. The number of aromatic nitrogens is 1. The number of pyridine rings is 1. The van der Waals surface area contributed by atoms with Crippen molar-refractivity contribution in [3.63, 3.8) is 0 Å². The smallest absolute Gasteiger partial charge is 0.123 e. The number of hydrogen-bond donors (Lipinski definition) is 4. The zero-order chi connectivity index (χ0) is 19.9. The lowest BCUT2D eigenvalue weighted by atomic mass is 9.85. The van der Waals surface area contributed by atoms with Crippen LogP contribution in [0, 0.1) is 17.7 Å². The Labute approximate surface area is 167 Å². The van der Waals surface area contributed by atoms with Gasteiger partial charge in [-0.3, -0.25) is 0 Å². The van der Waals surface area contributed by atoms with Crippen molar-refractivity contribution in [2.24, 2.45) is 17.6 Å². The number of aryl methyl sites for hydroxylation is 1. The number of nitrogens with two attached hydrogens (primary N) is 2. The van der Waals surface area contributed by atoms with Gasteiger partial charge in [-0.15, -0.1) is 0 Å². The van der Waals surface area contributed by atoms with E-state index in [9.17, 15) is 4.39 Å². The van der Waals surface area contributed by atoms with E-state index in [0.717, 1.165) is 56.7 Å². The Morgan fingerprint density at radius 1 is 1.25 bits per heavy atom. The molecule has 0 spiro atoms. The Kier molecular flexibility index (Phi) is 7.36. The Bertz CT molecular complexity index is 766. The monoisotopic (exact) mass is 385 g/mol. The molecule has 0 aliphatic carbocycles. The molecule has 1 aliphatic rings. The fourth-order valence-corrected chi connectivity index (χ4v) is 4.08. The summed E-state index contributed by atoms with van der Waals surface area (Å²) in [6, 6.07) is 10.9. The predicted octanol–water partition coefficient (Wildman–Crippen LogP) is 1.90. The number of anilines is 1. The van der Waals surface area contributed by atoms with E-state index < -0.39 is 0 Å². The van der Waals surface area contributed by atoms with E-state index in [2.05, 4.69) is 28.6 Å². The minimum atomic E-state index is -0.185. The Balaban J connectivity index is 1.48. The zero-order valence-electron chi connectivity index (χ0n) is 16.6.